The second kappa shape index (κ2) is 6.26. The number of pyridine rings is 1. The van der Waals surface area contributed by atoms with Crippen LogP contribution in [-0.4, -0.2) is 32.9 Å². The van der Waals surface area contributed by atoms with E-state index in [1.54, 1.807) is 13.3 Å². The first kappa shape index (κ1) is 15.3. The van der Waals surface area contributed by atoms with Crippen molar-refractivity contribution >= 4 is 11.2 Å². The van der Waals surface area contributed by atoms with Gasteiger partial charge in [0.1, 0.15) is 5.75 Å². The van der Waals surface area contributed by atoms with E-state index >= 15 is 0 Å². The number of nitrogens with zero attached hydrogens (tertiary/aromatic N) is 2. The van der Waals surface area contributed by atoms with Gasteiger partial charge in [0.2, 0.25) is 0 Å². The number of nitrogens with one attached hydrogen (secondary N) is 1. The van der Waals surface area contributed by atoms with E-state index in [9.17, 15) is 9.90 Å². The molecule has 1 aromatic carbocycles. The molecule has 2 aromatic heterocycles. The normalized spacial score (nSPS) is 12.5. The highest BCUT2D eigenvalue weighted by atomic mass is 16.5. The van der Waals surface area contributed by atoms with Crippen LogP contribution >= 0.6 is 0 Å². The number of aromatic nitrogens is 3. The van der Waals surface area contributed by atoms with Gasteiger partial charge in [-0.2, -0.15) is 0 Å². The van der Waals surface area contributed by atoms with Gasteiger partial charge < -0.3 is 9.84 Å². The zero-order valence-corrected chi connectivity index (χ0v) is 13.1. The minimum atomic E-state index is -0.559. The second-order valence-electron chi connectivity index (χ2n) is 5.42. The number of imidazole rings is 1. The maximum Gasteiger partial charge on any atom is 0.327 e. The van der Waals surface area contributed by atoms with Crippen LogP contribution in [-0.2, 0) is 6.54 Å². The number of hydrogen-bond acceptors (Lipinski definition) is 4. The highest BCUT2D eigenvalue weighted by Crippen LogP contribution is 2.24. The smallest absolute Gasteiger partial charge is 0.327 e. The molecule has 0 aliphatic carbocycles. The number of H-pyrrole nitrogens is 1. The number of aliphatic hydroxyl groups excluding tert-OH is 1. The molecule has 0 unspecified atom stereocenters. The molecule has 3 aromatic rings. The largest absolute Gasteiger partial charge is 0.497 e. The van der Waals surface area contributed by atoms with Crippen molar-refractivity contribution in [2.24, 2.45) is 0 Å². The maximum absolute atomic E-state index is 12.1. The third-order valence-electron chi connectivity index (χ3n) is 3.92. The first-order valence-corrected chi connectivity index (χ1v) is 7.53. The van der Waals surface area contributed by atoms with Crippen LogP contribution in [0.25, 0.3) is 22.3 Å². The lowest BCUT2D eigenvalue weighted by Crippen LogP contribution is -2.24. The van der Waals surface area contributed by atoms with Gasteiger partial charge in [0.25, 0.3) is 0 Å². The van der Waals surface area contributed by atoms with E-state index in [1.165, 1.54) is 4.57 Å². The fourth-order valence-corrected chi connectivity index (χ4v) is 2.50. The molecule has 0 saturated heterocycles. The van der Waals surface area contributed by atoms with Gasteiger partial charge in [-0.3, -0.25) is 9.55 Å². The van der Waals surface area contributed by atoms with Crippen LogP contribution in [0.3, 0.4) is 0 Å². The molecule has 0 fully saturated rings. The molecule has 3 rings (SSSR count). The van der Waals surface area contributed by atoms with Gasteiger partial charge in [0, 0.05) is 11.8 Å². The fraction of sp³-hybridized carbons (Fsp3) is 0.294. The van der Waals surface area contributed by atoms with E-state index in [0.29, 0.717) is 17.6 Å². The maximum atomic E-state index is 12.1. The molecular weight excluding hydrogens is 294 g/mol. The number of fused-ring (bicyclic) bond motifs is 1. The van der Waals surface area contributed by atoms with E-state index in [4.69, 9.17) is 4.74 Å². The topological polar surface area (TPSA) is 80.1 Å². The average Bonchev–Trinajstić information content (AvgIpc) is 2.89. The molecule has 0 saturated carbocycles. The summed E-state index contributed by atoms with van der Waals surface area (Å²) in [5.41, 5.74) is 2.84. The van der Waals surface area contributed by atoms with Crippen molar-refractivity contribution in [3.05, 3.63) is 47.0 Å². The Balaban J connectivity index is 2.06. The van der Waals surface area contributed by atoms with E-state index in [0.717, 1.165) is 16.9 Å². The lowest BCUT2D eigenvalue weighted by atomic mass is 10.1. The Hall–Kier alpha value is -2.60. The van der Waals surface area contributed by atoms with Crippen molar-refractivity contribution < 1.29 is 9.84 Å². The number of rotatable bonds is 5. The Kier molecular flexibility index (Phi) is 4.16. The van der Waals surface area contributed by atoms with Crippen molar-refractivity contribution in [2.75, 3.05) is 7.11 Å². The van der Waals surface area contributed by atoms with Gasteiger partial charge in [-0.05, 0) is 30.2 Å². The molecule has 0 amide bonds. The minimum Gasteiger partial charge on any atom is -0.497 e. The molecule has 6 heteroatoms. The summed E-state index contributed by atoms with van der Waals surface area (Å²) in [5, 5.41) is 9.85. The minimum absolute atomic E-state index is 0.253. The van der Waals surface area contributed by atoms with Crippen LogP contribution in [0.5, 0.6) is 5.75 Å². The second-order valence-corrected chi connectivity index (χ2v) is 5.42. The Morgan fingerprint density at radius 1 is 1.30 bits per heavy atom. The fourth-order valence-electron chi connectivity index (χ4n) is 2.50. The highest BCUT2D eigenvalue weighted by molar-refractivity contribution is 5.78. The quantitative estimate of drug-likeness (QED) is 0.756. The molecule has 2 N–H and O–H groups in total. The van der Waals surface area contributed by atoms with E-state index in [1.807, 2.05) is 37.3 Å². The molecule has 0 bridgehead atoms. The number of hydrogen-bond donors (Lipinski definition) is 2. The van der Waals surface area contributed by atoms with E-state index in [-0.39, 0.29) is 12.2 Å². The van der Waals surface area contributed by atoms with E-state index < -0.39 is 6.10 Å². The Morgan fingerprint density at radius 3 is 2.70 bits per heavy atom. The summed E-state index contributed by atoms with van der Waals surface area (Å²) in [6.45, 7) is 2.13. The number of ether oxygens (including phenoxy) is 1. The Bertz CT molecular complexity index is 865. The van der Waals surface area contributed by atoms with Crippen molar-refractivity contribution in [2.45, 2.75) is 26.0 Å². The Morgan fingerprint density at radius 2 is 2.04 bits per heavy atom. The van der Waals surface area contributed by atoms with Crippen LogP contribution in [0.2, 0.25) is 0 Å². The van der Waals surface area contributed by atoms with Gasteiger partial charge in [0.15, 0.2) is 5.65 Å². The molecule has 0 aliphatic rings. The summed E-state index contributed by atoms with van der Waals surface area (Å²) in [5.74, 6) is 0.785. The average molecular weight is 313 g/mol. The van der Waals surface area contributed by atoms with Crippen molar-refractivity contribution in [1.82, 2.24) is 14.5 Å². The van der Waals surface area contributed by atoms with E-state index in [2.05, 4.69) is 9.97 Å². The van der Waals surface area contributed by atoms with Gasteiger partial charge in [-0.1, -0.05) is 19.1 Å². The van der Waals surface area contributed by atoms with Gasteiger partial charge in [-0.25, -0.2) is 9.78 Å². The molecule has 0 spiro atoms. The van der Waals surface area contributed by atoms with Crippen molar-refractivity contribution in [1.29, 1.82) is 0 Å². The summed E-state index contributed by atoms with van der Waals surface area (Å²) < 4.78 is 6.69. The molecule has 23 heavy (non-hydrogen) atoms. The lowest BCUT2D eigenvalue weighted by Gasteiger charge is -2.09. The number of methoxy groups -OCH3 is 1. The summed E-state index contributed by atoms with van der Waals surface area (Å²) >= 11 is 0. The standard InChI is InChI=1S/C17H19N3O3/c1-3-13(21)10-20-15-8-12(9-18-16(15)19-17(20)22)11-4-6-14(23-2)7-5-11/h4-9,13,21H,3,10H2,1-2H3,(H,18,19,22)/t13-/m1/s1. The molecule has 2 heterocycles. The molecule has 0 radical (unpaired) electrons. The zero-order chi connectivity index (χ0) is 16.4. The number of aromatic amines is 1. The molecule has 120 valence electrons. The first-order valence-electron chi connectivity index (χ1n) is 7.53. The highest BCUT2D eigenvalue weighted by Gasteiger charge is 2.12. The third-order valence-corrected chi connectivity index (χ3v) is 3.92. The van der Waals surface area contributed by atoms with Crippen LogP contribution in [0.1, 0.15) is 13.3 Å². The summed E-state index contributed by atoms with van der Waals surface area (Å²) in [7, 11) is 1.63. The predicted molar refractivity (Wildman–Crippen MR) is 88.6 cm³/mol. The van der Waals surface area contributed by atoms with Gasteiger partial charge >= 0.3 is 5.69 Å². The lowest BCUT2D eigenvalue weighted by molar-refractivity contribution is 0.150. The molecule has 0 aliphatic heterocycles. The SMILES string of the molecule is CC[C@@H](O)Cn1c(=O)[nH]c2ncc(-c3ccc(OC)cc3)cc21. The van der Waals surface area contributed by atoms with Crippen LogP contribution in [0.15, 0.2) is 41.3 Å². The van der Waals surface area contributed by atoms with Crippen LogP contribution in [0.4, 0.5) is 0 Å². The first-order chi connectivity index (χ1) is 11.1. The van der Waals surface area contributed by atoms with Crippen molar-refractivity contribution in [3.8, 4) is 16.9 Å². The Labute approximate surface area is 133 Å². The molecule has 1 atom stereocenters. The third kappa shape index (κ3) is 2.98. The monoisotopic (exact) mass is 313 g/mol. The number of benzene rings is 1. The van der Waals surface area contributed by atoms with Gasteiger partial charge in [-0.15, -0.1) is 0 Å². The zero-order valence-electron chi connectivity index (χ0n) is 13.1. The van der Waals surface area contributed by atoms with Crippen molar-refractivity contribution in [3.63, 3.8) is 0 Å². The molecule has 6 nitrogen and oxygen atoms in total. The predicted octanol–water partition coefficient (Wildman–Crippen LogP) is 2.17. The summed E-state index contributed by atoms with van der Waals surface area (Å²) in [4.78, 5) is 19.1. The van der Waals surface area contributed by atoms with Gasteiger partial charge in [0.05, 0.1) is 25.3 Å². The van der Waals surface area contributed by atoms with Crippen LogP contribution in [0, 0.1) is 0 Å². The summed E-state index contributed by atoms with van der Waals surface area (Å²) in [6, 6.07) is 9.55. The molecular formula is C17H19N3O3. The summed E-state index contributed by atoms with van der Waals surface area (Å²) in [6.07, 6.45) is 1.75. The van der Waals surface area contributed by atoms with Crippen LogP contribution < -0.4 is 10.4 Å². The number of aliphatic hydroxyl groups is 1.